The van der Waals surface area contributed by atoms with Crippen molar-refractivity contribution in [2.45, 2.75) is 45.6 Å². The molecular weight excluding hydrogens is 364 g/mol. The molecule has 8 heteroatoms. The second-order valence-electron chi connectivity index (χ2n) is 7.63. The number of thiophene rings is 1. The number of nitrogens with zero attached hydrogens (tertiary/aromatic N) is 3. The Morgan fingerprint density at radius 3 is 2.56 bits per heavy atom. The number of anilines is 1. The summed E-state index contributed by atoms with van der Waals surface area (Å²) in [6, 6.07) is 0.0227. The molecule has 2 aliphatic rings. The standard InChI is InChI=1S/C19H24N4O3S/c1-10-11(2)27-18-15(10)16(20-9-21-18)23-5-3-12(4-6-23)17(24)22-14-7-13(8-14)19(25)26/h9,12-14H,3-8H2,1-2H3,(H,22,24)(H,25,26). The maximum Gasteiger partial charge on any atom is 0.306 e. The molecule has 0 unspecified atom stereocenters. The van der Waals surface area contributed by atoms with Crippen molar-refractivity contribution in [3.8, 4) is 0 Å². The Bertz CT molecular complexity index is 882. The molecule has 3 heterocycles. The molecule has 1 aliphatic heterocycles. The second-order valence-corrected chi connectivity index (χ2v) is 8.84. The Morgan fingerprint density at radius 2 is 1.89 bits per heavy atom. The lowest BCUT2D eigenvalue weighted by molar-refractivity contribution is -0.146. The van der Waals surface area contributed by atoms with E-state index >= 15 is 0 Å². The Hall–Kier alpha value is -2.22. The first-order chi connectivity index (χ1) is 12.9. The van der Waals surface area contributed by atoms with Crippen molar-refractivity contribution in [3.05, 3.63) is 16.8 Å². The van der Waals surface area contributed by atoms with Gasteiger partial charge in [-0.25, -0.2) is 9.97 Å². The van der Waals surface area contributed by atoms with Crippen molar-refractivity contribution in [3.63, 3.8) is 0 Å². The summed E-state index contributed by atoms with van der Waals surface area (Å²) < 4.78 is 0. The highest BCUT2D eigenvalue weighted by atomic mass is 32.1. The summed E-state index contributed by atoms with van der Waals surface area (Å²) in [7, 11) is 0. The van der Waals surface area contributed by atoms with E-state index in [1.807, 2.05) is 0 Å². The van der Waals surface area contributed by atoms with Crippen molar-refractivity contribution < 1.29 is 14.7 Å². The summed E-state index contributed by atoms with van der Waals surface area (Å²) in [6.45, 7) is 5.81. The fourth-order valence-electron chi connectivity index (χ4n) is 4.01. The zero-order valence-corrected chi connectivity index (χ0v) is 16.4. The highest BCUT2D eigenvalue weighted by Crippen LogP contribution is 2.36. The van der Waals surface area contributed by atoms with Gasteiger partial charge in [0.2, 0.25) is 5.91 Å². The highest BCUT2D eigenvalue weighted by Gasteiger charge is 2.37. The van der Waals surface area contributed by atoms with Gasteiger partial charge in [0.05, 0.1) is 11.3 Å². The highest BCUT2D eigenvalue weighted by molar-refractivity contribution is 7.18. The van der Waals surface area contributed by atoms with Crippen LogP contribution in [-0.2, 0) is 9.59 Å². The number of carbonyl (C=O) groups excluding carboxylic acids is 1. The number of carbonyl (C=O) groups is 2. The van der Waals surface area contributed by atoms with Gasteiger partial charge in [0.1, 0.15) is 17.0 Å². The molecule has 1 amide bonds. The van der Waals surface area contributed by atoms with E-state index in [4.69, 9.17) is 5.11 Å². The molecular formula is C19H24N4O3S. The zero-order valence-electron chi connectivity index (χ0n) is 15.6. The molecule has 2 N–H and O–H groups in total. The van der Waals surface area contributed by atoms with Crippen molar-refractivity contribution in [1.29, 1.82) is 0 Å². The van der Waals surface area contributed by atoms with Crippen LogP contribution < -0.4 is 10.2 Å². The average Bonchev–Trinajstić information content (AvgIpc) is 2.91. The number of rotatable bonds is 4. The first-order valence-electron chi connectivity index (χ1n) is 9.43. The molecule has 2 aromatic heterocycles. The largest absolute Gasteiger partial charge is 0.481 e. The van der Waals surface area contributed by atoms with E-state index in [2.05, 4.69) is 34.0 Å². The second kappa shape index (κ2) is 7.07. The van der Waals surface area contributed by atoms with E-state index in [0.717, 1.165) is 42.0 Å². The molecule has 27 heavy (non-hydrogen) atoms. The number of hydrogen-bond acceptors (Lipinski definition) is 6. The third kappa shape index (κ3) is 3.38. The Labute approximate surface area is 161 Å². The van der Waals surface area contributed by atoms with Crippen molar-refractivity contribution in [2.75, 3.05) is 18.0 Å². The minimum Gasteiger partial charge on any atom is -0.481 e. The van der Waals surface area contributed by atoms with Crippen molar-refractivity contribution >= 4 is 39.2 Å². The van der Waals surface area contributed by atoms with E-state index < -0.39 is 5.97 Å². The SMILES string of the molecule is Cc1sc2ncnc(N3CCC(C(=O)NC4CC(C(=O)O)C4)CC3)c2c1C. The topological polar surface area (TPSA) is 95.4 Å². The normalized spacial score (nSPS) is 23.3. The zero-order chi connectivity index (χ0) is 19.1. The number of piperidine rings is 1. The molecule has 0 bridgehead atoms. The van der Waals surface area contributed by atoms with E-state index in [9.17, 15) is 9.59 Å². The minimum atomic E-state index is -0.760. The monoisotopic (exact) mass is 388 g/mol. The minimum absolute atomic E-state index is 0.00670. The van der Waals surface area contributed by atoms with Gasteiger partial charge in [-0.1, -0.05) is 0 Å². The molecule has 2 fully saturated rings. The molecule has 0 spiro atoms. The maximum absolute atomic E-state index is 12.5. The van der Waals surface area contributed by atoms with Gasteiger partial charge in [-0.05, 0) is 45.1 Å². The van der Waals surface area contributed by atoms with Gasteiger partial charge in [0.15, 0.2) is 0 Å². The van der Waals surface area contributed by atoms with Crippen LogP contribution in [0.5, 0.6) is 0 Å². The first kappa shape index (κ1) is 18.2. The number of aliphatic carboxylic acids is 1. The van der Waals surface area contributed by atoms with Gasteiger partial charge in [-0.2, -0.15) is 0 Å². The van der Waals surface area contributed by atoms with Crippen LogP contribution in [0.15, 0.2) is 6.33 Å². The number of nitrogens with one attached hydrogen (secondary N) is 1. The number of fused-ring (bicyclic) bond motifs is 1. The fourth-order valence-corrected chi connectivity index (χ4v) is 5.00. The fraction of sp³-hybridized carbons (Fsp3) is 0.579. The van der Waals surface area contributed by atoms with Crippen LogP contribution in [0.4, 0.5) is 5.82 Å². The van der Waals surface area contributed by atoms with Gasteiger partial charge in [-0.3, -0.25) is 9.59 Å². The van der Waals surface area contributed by atoms with Crippen molar-refractivity contribution in [1.82, 2.24) is 15.3 Å². The van der Waals surface area contributed by atoms with Crippen LogP contribution in [0.2, 0.25) is 0 Å². The summed E-state index contributed by atoms with van der Waals surface area (Å²) >= 11 is 1.70. The summed E-state index contributed by atoms with van der Waals surface area (Å²) in [5.74, 6) is -0.0193. The lowest BCUT2D eigenvalue weighted by Crippen LogP contribution is -2.50. The maximum atomic E-state index is 12.5. The van der Waals surface area contributed by atoms with E-state index in [1.54, 1.807) is 17.7 Å². The lowest BCUT2D eigenvalue weighted by atomic mass is 9.80. The van der Waals surface area contributed by atoms with E-state index in [-0.39, 0.29) is 23.8 Å². The summed E-state index contributed by atoms with van der Waals surface area (Å²) in [5.41, 5.74) is 1.24. The number of hydrogen-bond donors (Lipinski definition) is 2. The quantitative estimate of drug-likeness (QED) is 0.836. The van der Waals surface area contributed by atoms with Gasteiger partial charge < -0.3 is 15.3 Å². The molecule has 2 aromatic rings. The number of aryl methyl sites for hydroxylation is 2. The van der Waals surface area contributed by atoms with E-state index in [1.165, 1.54) is 10.4 Å². The molecule has 1 saturated carbocycles. The molecule has 4 rings (SSSR count). The number of amides is 1. The van der Waals surface area contributed by atoms with Crippen LogP contribution >= 0.6 is 11.3 Å². The van der Waals surface area contributed by atoms with Crippen LogP contribution in [0.25, 0.3) is 10.2 Å². The predicted molar refractivity (Wildman–Crippen MR) is 104 cm³/mol. The third-order valence-corrected chi connectivity index (χ3v) is 7.06. The van der Waals surface area contributed by atoms with Crippen LogP contribution in [0.3, 0.4) is 0 Å². The molecule has 0 aromatic carbocycles. The third-order valence-electron chi connectivity index (χ3n) is 5.94. The van der Waals surface area contributed by atoms with Gasteiger partial charge >= 0.3 is 5.97 Å². The van der Waals surface area contributed by atoms with Gasteiger partial charge in [0, 0.05) is 29.9 Å². The van der Waals surface area contributed by atoms with E-state index in [0.29, 0.717) is 12.8 Å². The lowest BCUT2D eigenvalue weighted by Gasteiger charge is -2.36. The smallest absolute Gasteiger partial charge is 0.306 e. The molecule has 1 aliphatic carbocycles. The number of carboxylic acid groups (broad SMARTS) is 1. The average molecular weight is 388 g/mol. The summed E-state index contributed by atoms with van der Waals surface area (Å²) in [5, 5.41) is 13.1. The Balaban J connectivity index is 1.37. The van der Waals surface area contributed by atoms with Gasteiger partial charge in [-0.15, -0.1) is 11.3 Å². The van der Waals surface area contributed by atoms with Crippen LogP contribution in [0, 0.1) is 25.7 Å². The number of aromatic nitrogens is 2. The van der Waals surface area contributed by atoms with Crippen LogP contribution in [-0.4, -0.2) is 46.1 Å². The Kier molecular flexibility index (Phi) is 4.75. The van der Waals surface area contributed by atoms with Crippen LogP contribution in [0.1, 0.15) is 36.1 Å². The summed E-state index contributed by atoms with van der Waals surface area (Å²) in [6.07, 6.45) is 4.30. The molecule has 0 atom stereocenters. The van der Waals surface area contributed by atoms with Gasteiger partial charge in [0.25, 0.3) is 0 Å². The number of carboxylic acids is 1. The first-order valence-corrected chi connectivity index (χ1v) is 10.2. The molecule has 144 valence electrons. The molecule has 1 saturated heterocycles. The Morgan fingerprint density at radius 1 is 1.19 bits per heavy atom. The summed E-state index contributed by atoms with van der Waals surface area (Å²) in [4.78, 5) is 36.9. The molecule has 7 nitrogen and oxygen atoms in total. The predicted octanol–water partition coefficient (Wildman–Crippen LogP) is 2.50. The molecule has 0 radical (unpaired) electrons. The van der Waals surface area contributed by atoms with Crippen molar-refractivity contribution in [2.24, 2.45) is 11.8 Å².